The van der Waals surface area contributed by atoms with Crippen molar-refractivity contribution in [1.29, 1.82) is 0 Å². The van der Waals surface area contributed by atoms with Crippen LogP contribution < -0.4 is 19.5 Å². The number of aromatic nitrogens is 1. The Morgan fingerprint density at radius 3 is 2.29 bits per heavy atom. The number of nitrogens with zero attached hydrogens (tertiary/aromatic N) is 2. The van der Waals surface area contributed by atoms with Crippen LogP contribution in [0.25, 0.3) is 0 Å². The van der Waals surface area contributed by atoms with E-state index in [4.69, 9.17) is 14.2 Å². The van der Waals surface area contributed by atoms with Gasteiger partial charge < -0.3 is 24.4 Å². The highest BCUT2D eigenvalue weighted by Gasteiger charge is 2.26. The van der Waals surface area contributed by atoms with E-state index in [2.05, 4.69) is 10.3 Å². The maximum Gasteiger partial charge on any atom is 0.254 e. The number of hydrogen-bond donors (Lipinski definition) is 1. The molecule has 2 rings (SSSR count). The lowest BCUT2D eigenvalue weighted by molar-refractivity contribution is -0.117. The Labute approximate surface area is 168 Å². The zero-order chi connectivity index (χ0) is 20.7. The van der Waals surface area contributed by atoms with Crippen LogP contribution in [0.1, 0.15) is 30.6 Å². The van der Waals surface area contributed by atoms with Crippen molar-refractivity contribution in [2.45, 2.75) is 26.3 Å². The minimum atomic E-state index is -0.309. The van der Waals surface area contributed by atoms with E-state index >= 15 is 0 Å². The summed E-state index contributed by atoms with van der Waals surface area (Å²) in [5.74, 6) is 0.542. The van der Waals surface area contributed by atoms with Gasteiger partial charge in [-0.1, -0.05) is 6.92 Å². The normalized spacial score (nSPS) is 11.5. The summed E-state index contributed by atoms with van der Waals surface area (Å²) in [6, 6.07) is 3.02. The smallest absolute Gasteiger partial charge is 0.254 e. The summed E-state index contributed by atoms with van der Waals surface area (Å²) >= 11 is 1.32. The fourth-order valence-corrected chi connectivity index (χ4v) is 3.16. The van der Waals surface area contributed by atoms with Gasteiger partial charge in [-0.05, 0) is 25.5 Å². The number of anilines is 1. The molecule has 8 nitrogen and oxygen atoms in total. The Hall–Kier alpha value is -2.81. The molecule has 0 bridgehead atoms. The van der Waals surface area contributed by atoms with Gasteiger partial charge in [0.15, 0.2) is 16.6 Å². The standard InChI is InChI=1S/C19H25N3O5S/c1-6-12(2)22(11-16(23)21-19-20-7-8-28-19)18(24)13-9-14(25-3)17(27-5)15(10-13)26-4/h7-10,12H,6,11H2,1-5H3,(H,20,21,23)/t12-/m0/s1. The molecule has 1 aromatic carbocycles. The molecule has 2 aromatic rings. The van der Waals surface area contributed by atoms with E-state index in [9.17, 15) is 9.59 Å². The van der Waals surface area contributed by atoms with E-state index in [0.717, 1.165) is 0 Å². The molecule has 1 N–H and O–H groups in total. The molecule has 0 unspecified atom stereocenters. The predicted octanol–water partition coefficient (Wildman–Crippen LogP) is 3.05. The third-order valence-electron chi connectivity index (χ3n) is 4.29. The Morgan fingerprint density at radius 1 is 1.18 bits per heavy atom. The Kier molecular flexibility index (Phi) is 7.62. The molecule has 1 atom stereocenters. The van der Waals surface area contributed by atoms with Gasteiger partial charge in [0.05, 0.1) is 21.3 Å². The number of benzene rings is 1. The highest BCUT2D eigenvalue weighted by atomic mass is 32.1. The second-order valence-corrected chi connectivity index (χ2v) is 6.88. The van der Waals surface area contributed by atoms with Gasteiger partial charge in [0, 0.05) is 23.2 Å². The summed E-state index contributed by atoms with van der Waals surface area (Å²) < 4.78 is 16.0. The van der Waals surface area contributed by atoms with Gasteiger partial charge in [-0.25, -0.2) is 4.98 Å². The predicted molar refractivity (Wildman–Crippen MR) is 108 cm³/mol. The molecule has 1 aromatic heterocycles. The molecule has 28 heavy (non-hydrogen) atoms. The lowest BCUT2D eigenvalue weighted by Gasteiger charge is -2.28. The van der Waals surface area contributed by atoms with Crippen LogP contribution in [0.5, 0.6) is 17.2 Å². The first-order chi connectivity index (χ1) is 13.4. The van der Waals surface area contributed by atoms with Crippen molar-refractivity contribution >= 4 is 28.3 Å². The monoisotopic (exact) mass is 407 g/mol. The third kappa shape index (κ3) is 4.92. The number of thiazole rings is 1. The van der Waals surface area contributed by atoms with Crippen molar-refractivity contribution in [2.75, 3.05) is 33.2 Å². The largest absolute Gasteiger partial charge is 0.493 e. The molecule has 152 valence electrons. The average molecular weight is 407 g/mol. The first-order valence-corrected chi connectivity index (χ1v) is 9.63. The van der Waals surface area contributed by atoms with Gasteiger partial charge in [-0.3, -0.25) is 9.59 Å². The molecule has 0 saturated carbocycles. The van der Waals surface area contributed by atoms with Crippen molar-refractivity contribution in [3.8, 4) is 17.2 Å². The van der Waals surface area contributed by atoms with Crippen LogP contribution in [0.15, 0.2) is 23.7 Å². The van der Waals surface area contributed by atoms with Gasteiger partial charge in [0.25, 0.3) is 5.91 Å². The SMILES string of the molecule is CC[C@H](C)N(CC(=O)Nc1nccs1)C(=O)c1cc(OC)c(OC)c(OC)c1. The molecule has 0 aliphatic rings. The van der Waals surface area contributed by atoms with Crippen LogP contribution in [0.2, 0.25) is 0 Å². The van der Waals surface area contributed by atoms with Gasteiger partial charge >= 0.3 is 0 Å². The fraction of sp³-hybridized carbons (Fsp3) is 0.421. The number of hydrogen-bond acceptors (Lipinski definition) is 7. The average Bonchev–Trinajstić information content (AvgIpc) is 3.22. The summed E-state index contributed by atoms with van der Waals surface area (Å²) in [6.07, 6.45) is 2.30. The zero-order valence-electron chi connectivity index (χ0n) is 16.6. The summed E-state index contributed by atoms with van der Waals surface area (Å²) in [5.41, 5.74) is 0.344. The van der Waals surface area contributed by atoms with Crippen LogP contribution in [-0.2, 0) is 4.79 Å². The van der Waals surface area contributed by atoms with Crippen LogP contribution in [0.3, 0.4) is 0 Å². The maximum atomic E-state index is 13.2. The topological polar surface area (TPSA) is 90.0 Å². The van der Waals surface area contributed by atoms with Crippen molar-refractivity contribution in [3.05, 3.63) is 29.3 Å². The molecule has 0 saturated heterocycles. The highest BCUT2D eigenvalue weighted by molar-refractivity contribution is 7.13. The van der Waals surface area contributed by atoms with E-state index in [1.54, 1.807) is 23.7 Å². The summed E-state index contributed by atoms with van der Waals surface area (Å²) in [5, 5.41) is 4.97. The van der Waals surface area contributed by atoms with Gasteiger partial charge in [0.1, 0.15) is 6.54 Å². The molecule has 0 fully saturated rings. The number of methoxy groups -OCH3 is 3. The molecule has 9 heteroatoms. The van der Waals surface area contributed by atoms with Crippen LogP contribution in [0.4, 0.5) is 5.13 Å². The Morgan fingerprint density at radius 2 is 1.82 bits per heavy atom. The molecular weight excluding hydrogens is 382 g/mol. The van der Waals surface area contributed by atoms with Gasteiger partial charge in [0.2, 0.25) is 11.7 Å². The molecular formula is C19H25N3O5S. The second kappa shape index (κ2) is 9.93. The fourth-order valence-electron chi connectivity index (χ4n) is 2.62. The number of rotatable bonds is 9. The number of carbonyl (C=O) groups is 2. The number of ether oxygens (including phenoxy) is 3. The minimum absolute atomic E-state index is 0.0932. The van der Waals surface area contributed by atoms with Gasteiger partial charge in [-0.2, -0.15) is 0 Å². The molecule has 0 aliphatic heterocycles. The van der Waals surface area contributed by atoms with Crippen LogP contribution in [-0.4, -0.2) is 55.6 Å². The molecule has 2 amide bonds. The van der Waals surface area contributed by atoms with Crippen molar-refractivity contribution in [1.82, 2.24) is 9.88 Å². The first kappa shape index (κ1) is 21.5. The first-order valence-electron chi connectivity index (χ1n) is 8.75. The quantitative estimate of drug-likeness (QED) is 0.687. The van der Waals surface area contributed by atoms with E-state index in [-0.39, 0.29) is 24.4 Å². The van der Waals surface area contributed by atoms with Gasteiger partial charge in [-0.15, -0.1) is 11.3 Å². The van der Waals surface area contributed by atoms with E-state index in [1.165, 1.54) is 37.6 Å². The zero-order valence-corrected chi connectivity index (χ0v) is 17.5. The third-order valence-corrected chi connectivity index (χ3v) is 4.98. The lowest BCUT2D eigenvalue weighted by atomic mass is 10.1. The Bertz CT molecular complexity index is 785. The highest BCUT2D eigenvalue weighted by Crippen LogP contribution is 2.38. The van der Waals surface area contributed by atoms with Crippen LogP contribution >= 0.6 is 11.3 Å². The van der Waals surface area contributed by atoms with Crippen molar-refractivity contribution in [3.63, 3.8) is 0 Å². The molecule has 0 spiro atoms. The molecule has 1 heterocycles. The molecule has 0 aliphatic carbocycles. The van der Waals surface area contributed by atoms with E-state index in [0.29, 0.717) is 34.4 Å². The number of carbonyl (C=O) groups excluding carboxylic acids is 2. The second-order valence-electron chi connectivity index (χ2n) is 5.99. The Balaban J connectivity index is 2.30. The summed E-state index contributed by atoms with van der Waals surface area (Å²) in [4.78, 5) is 31.2. The van der Waals surface area contributed by atoms with E-state index in [1.807, 2.05) is 13.8 Å². The minimum Gasteiger partial charge on any atom is -0.493 e. The molecule has 0 radical (unpaired) electrons. The number of amides is 2. The number of nitrogens with one attached hydrogen (secondary N) is 1. The van der Waals surface area contributed by atoms with E-state index < -0.39 is 0 Å². The summed E-state index contributed by atoms with van der Waals surface area (Å²) in [6.45, 7) is 3.76. The van der Waals surface area contributed by atoms with Crippen LogP contribution in [0, 0.1) is 0 Å². The van der Waals surface area contributed by atoms with Crippen molar-refractivity contribution in [2.24, 2.45) is 0 Å². The maximum absolute atomic E-state index is 13.2. The lowest BCUT2D eigenvalue weighted by Crippen LogP contribution is -2.43. The van der Waals surface area contributed by atoms with Crippen molar-refractivity contribution < 1.29 is 23.8 Å². The summed E-state index contributed by atoms with van der Waals surface area (Å²) in [7, 11) is 4.47.